The Morgan fingerprint density at radius 2 is 1.65 bits per heavy atom. The van der Waals surface area contributed by atoms with Crippen molar-refractivity contribution in [3.05, 3.63) is 0 Å². The molecule has 120 valence electrons. The number of hydrogen-bond acceptors (Lipinski definition) is 3. The zero-order valence-corrected chi connectivity index (χ0v) is 14.3. The Morgan fingerprint density at radius 1 is 1.10 bits per heavy atom. The fourth-order valence-electron chi connectivity index (χ4n) is 3.35. The summed E-state index contributed by atoms with van der Waals surface area (Å²) in [5.41, 5.74) is 5.89. The molecule has 0 saturated carbocycles. The average Bonchev–Trinajstić information content (AvgIpc) is 2.77. The first kappa shape index (κ1) is 18.2. The van der Waals surface area contributed by atoms with Crippen LogP contribution in [0.2, 0.25) is 0 Å². The molecule has 0 amide bonds. The third kappa shape index (κ3) is 3.85. The van der Waals surface area contributed by atoms with Gasteiger partial charge in [0.15, 0.2) is 0 Å². The van der Waals surface area contributed by atoms with Crippen molar-refractivity contribution in [1.29, 1.82) is 0 Å². The molecule has 2 rings (SSSR count). The van der Waals surface area contributed by atoms with Gasteiger partial charge in [-0.05, 0) is 37.5 Å². The number of piperidine rings is 1. The van der Waals surface area contributed by atoms with E-state index in [0.29, 0.717) is 43.9 Å². The highest BCUT2D eigenvalue weighted by molar-refractivity contribution is 7.86. The minimum absolute atomic E-state index is 0. The first-order chi connectivity index (χ1) is 8.80. The summed E-state index contributed by atoms with van der Waals surface area (Å²) in [6, 6.07) is 0.0689. The number of nitrogens with two attached hydrogens (primary N) is 1. The Balaban J connectivity index is 0.00000200. The van der Waals surface area contributed by atoms with E-state index in [4.69, 9.17) is 5.73 Å². The second-order valence-electron chi connectivity index (χ2n) is 6.54. The van der Waals surface area contributed by atoms with Gasteiger partial charge in [-0.1, -0.05) is 13.8 Å². The van der Waals surface area contributed by atoms with E-state index in [1.807, 2.05) is 6.92 Å². The number of nitrogens with zero attached hydrogens (tertiary/aromatic N) is 2. The molecule has 0 radical (unpaired) electrons. The van der Waals surface area contributed by atoms with Crippen LogP contribution >= 0.6 is 12.4 Å². The summed E-state index contributed by atoms with van der Waals surface area (Å²) < 4.78 is 28.6. The zero-order valence-electron chi connectivity index (χ0n) is 12.7. The van der Waals surface area contributed by atoms with E-state index in [1.165, 1.54) is 0 Å². The monoisotopic (exact) mass is 325 g/mol. The van der Waals surface area contributed by atoms with Crippen molar-refractivity contribution < 1.29 is 8.42 Å². The second kappa shape index (κ2) is 6.92. The molecule has 2 N–H and O–H groups in total. The molecule has 2 aliphatic rings. The second-order valence-corrected chi connectivity index (χ2v) is 8.47. The Hall–Kier alpha value is 0.120. The molecule has 4 atom stereocenters. The van der Waals surface area contributed by atoms with Crippen molar-refractivity contribution in [3.63, 3.8) is 0 Å². The van der Waals surface area contributed by atoms with Crippen LogP contribution in [0.4, 0.5) is 0 Å². The molecule has 0 spiro atoms. The van der Waals surface area contributed by atoms with Crippen molar-refractivity contribution in [3.8, 4) is 0 Å². The summed E-state index contributed by atoms with van der Waals surface area (Å²) in [7, 11) is -3.28. The number of halogens is 1. The lowest BCUT2D eigenvalue weighted by Gasteiger charge is -2.36. The standard InChI is InChI=1S/C13H27N3O2S.ClH/c1-10-6-11(2)8-16(7-10)19(17,18)15-5-4-13(9-15)12(3)14;/h10-13H,4-9,14H2,1-3H3;1H. The minimum Gasteiger partial charge on any atom is -0.328 e. The maximum absolute atomic E-state index is 12.7. The van der Waals surface area contributed by atoms with Gasteiger partial charge < -0.3 is 5.73 Å². The topological polar surface area (TPSA) is 66.6 Å². The molecule has 0 aromatic carbocycles. The lowest BCUT2D eigenvalue weighted by atomic mass is 9.94. The Bertz CT molecular complexity index is 406. The zero-order chi connectivity index (χ0) is 14.2. The van der Waals surface area contributed by atoms with Gasteiger partial charge in [0.25, 0.3) is 10.2 Å². The molecule has 7 heteroatoms. The van der Waals surface area contributed by atoms with Crippen molar-refractivity contribution in [2.24, 2.45) is 23.5 Å². The molecule has 5 nitrogen and oxygen atoms in total. The minimum atomic E-state index is -3.28. The molecule has 20 heavy (non-hydrogen) atoms. The summed E-state index contributed by atoms with van der Waals surface area (Å²) in [5, 5.41) is 0. The van der Waals surface area contributed by atoms with Crippen LogP contribution in [0.25, 0.3) is 0 Å². The molecule has 0 aromatic rings. The molecular weight excluding hydrogens is 298 g/mol. The van der Waals surface area contributed by atoms with Gasteiger partial charge in [-0.15, -0.1) is 12.4 Å². The van der Waals surface area contributed by atoms with Gasteiger partial charge in [-0.2, -0.15) is 17.0 Å². The summed E-state index contributed by atoms with van der Waals surface area (Å²) in [6.07, 6.45) is 2.00. The van der Waals surface area contributed by atoms with Crippen LogP contribution in [0.15, 0.2) is 0 Å². The highest BCUT2D eigenvalue weighted by atomic mass is 35.5. The lowest BCUT2D eigenvalue weighted by molar-refractivity contribution is 0.211. The van der Waals surface area contributed by atoms with Crippen molar-refractivity contribution in [2.45, 2.75) is 39.7 Å². The third-order valence-electron chi connectivity index (χ3n) is 4.42. The van der Waals surface area contributed by atoms with Crippen LogP contribution in [-0.4, -0.2) is 49.2 Å². The largest absolute Gasteiger partial charge is 0.328 e. The predicted molar refractivity (Wildman–Crippen MR) is 84.0 cm³/mol. The predicted octanol–water partition coefficient (Wildman–Crippen LogP) is 1.30. The van der Waals surface area contributed by atoms with E-state index in [9.17, 15) is 8.42 Å². The number of hydrogen-bond donors (Lipinski definition) is 1. The van der Waals surface area contributed by atoms with Gasteiger partial charge in [-0.3, -0.25) is 0 Å². The molecule has 2 saturated heterocycles. The molecule has 0 bridgehead atoms. The summed E-state index contributed by atoms with van der Waals surface area (Å²) in [5.74, 6) is 1.20. The maximum Gasteiger partial charge on any atom is 0.282 e. The van der Waals surface area contributed by atoms with Gasteiger partial charge in [0.1, 0.15) is 0 Å². The Morgan fingerprint density at radius 3 is 2.10 bits per heavy atom. The van der Waals surface area contributed by atoms with Gasteiger partial charge in [-0.25, -0.2) is 0 Å². The van der Waals surface area contributed by atoms with Gasteiger partial charge in [0.2, 0.25) is 0 Å². The summed E-state index contributed by atoms with van der Waals surface area (Å²) in [6.45, 7) is 8.75. The summed E-state index contributed by atoms with van der Waals surface area (Å²) in [4.78, 5) is 0. The van der Waals surface area contributed by atoms with Crippen molar-refractivity contribution in [2.75, 3.05) is 26.2 Å². The molecule has 0 aromatic heterocycles. The SMILES string of the molecule is CC1CC(C)CN(S(=O)(=O)N2CCC(C(C)N)C2)C1.Cl. The van der Waals surface area contributed by atoms with E-state index < -0.39 is 10.2 Å². The molecule has 4 unspecified atom stereocenters. The van der Waals surface area contributed by atoms with Gasteiger partial charge >= 0.3 is 0 Å². The van der Waals surface area contributed by atoms with E-state index in [1.54, 1.807) is 8.61 Å². The third-order valence-corrected chi connectivity index (χ3v) is 6.35. The Labute approximate surface area is 129 Å². The van der Waals surface area contributed by atoms with Crippen LogP contribution in [0.5, 0.6) is 0 Å². The smallest absolute Gasteiger partial charge is 0.282 e. The van der Waals surface area contributed by atoms with Crippen molar-refractivity contribution in [1.82, 2.24) is 8.61 Å². The van der Waals surface area contributed by atoms with E-state index in [-0.39, 0.29) is 18.4 Å². The van der Waals surface area contributed by atoms with Crippen LogP contribution in [0, 0.1) is 17.8 Å². The number of rotatable bonds is 3. The lowest BCUT2D eigenvalue weighted by Crippen LogP contribution is -2.49. The molecular formula is C13H28ClN3O2S. The van der Waals surface area contributed by atoms with Crippen LogP contribution in [0.3, 0.4) is 0 Å². The van der Waals surface area contributed by atoms with Crippen LogP contribution in [-0.2, 0) is 10.2 Å². The Kier molecular flexibility index (Phi) is 6.29. The first-order valence-corrected chi connectivity index (χ1v) is 8.71. The molecule has 2 fully saturated rings. The highest BCUT2D eigenvalue weighted by Gasteiger charge is 2.39. The van der Waals surface area contributed by atoms with Crippen molar-refractivity contribution >= 4 is 22.6 Å². The average molecular weight is 326 g/mol. The van der Waals surface area contributed by atoms with E-state index in [2.05, 4.69) is 13.8 Å². The van der Waals surface area contributed by atoms with Crippen LogP contribution < -0.4 is 5.73 Å². The molecule has 2 heterocycles. The van der Waals surface area contributed by atoms with Crippen LogP contribution in [0.1, 0.15) is 33.6 Å². The van der Waals surface area contributed by atoms with E-state index in [0.717, 1.165) is 12.8 Å². The summed E-state index contributed by atoms with van der Waals surface area (Å²) >= 11 is 0. The maximum atomic E-state index is 12.7. The quantitative estimate of drug-likeness (QED) is 0.850. The first-order valence-electron chi connectivity index (χ1n) is 7.31. The van der Waals surface area contributed by atoms with E-state index >= 15 is 0 Å². The normalized spacial score (nSPS) is 34.7. The van der Waals surface area contributed by atoms with Gasteiger partial charge in [0.05, 0.1) is 0 Å². The fourth-order valence-corrected chi connectivity index (χ4v) is 5.28. The van der Waals surface area contributed by atoms with Gasteiger partial charge in [0, 0.05) is 32.2 Å². The highest BCUT2D eigenvalue weighted by Crippen LogP contribution is 2.28. The molecule has 0 aliphatic carbocycles. The molecule has 2 aliphatic heterocycles. The fraction of sp³-hybridized carbons (Fsp3) is 1.00.